The fourth-order valence-corrected chi connectivity index (χ4v) is 1.76. The first-order valence-corrected chi connectivity index (χ1v) is 5.70. The molecule has 1 aromatic rings. The van der Waals surface area contributed by atoms with Gasteiger partial charge in [-0.05, 0) is 24.3 Å². The molecule has 1 N–H and O–H groups in total. The van der Waals surface area contributed by atoms with Gasteiger partial charge >= 0.3 is 6.18 Å². The highest BCUT2D eigenvalue weighted by Crippen LogP contribution is 2.28. The molecule has 0 spiro atoms. The van der Waals surface area contributed by atoms with E-state index in [2.05, 4.69) is 0 Å². The molecule has 0 aliphatic carbocycles. The van der Waals surface area contributed by atoms with Crippen molar-refractivity contribution in [1.82, 2.24) is 0 Å². The molecule has 2 atom stereocenters. The van der Waals surface area contributed by atoms with Crippen LogP contribution >= 0.6 is 0 Å². The van der Waals surface area contributed by atoms with E-state index in [0.29, 0.717) is 6.42 Å². The van der Waals surface area contributed by atoms with Crippen molar-refractivity contribution in [1.29, 1.82) is 0 Å². The van der Waals surface area contributed by atoms with E-state index in [4.69, 9.17) is 0 Å². The Morgan fingerprint density at radius 1 is 1.18 bits per heavy atom. The van der Waals surface area contributed by atoms with E-state index < -0.39 is 18.7 Å². The monoisotopic (exact) mass is 246 g/mol. The third-order valence-corrected chi connectivity index (χ3v) is 2.80. The zero-order valence-corrected chi connectivity index (χ0v) is 9.74. The van der Waals surface area contributed by atoms with Gasteiger partial charge in [0.2, 0.25) is 0 Å². The van der Waals surface area contributed by atoms with Crippen molar-refractivity contribution in [3.05, 3.63) is 35.9 Å². The number of benzene rings is 1. The van der Waals surface area contributed by atoms with Crippen LogP contribution in [0.5, 0.6) is 0 Å². The second kappa shape index (κ2) is 6.05. The van der Waals surface area contributed by atoms with Crippen molar-refractivity contribution in [2.45, 2.75) is 38.5 Å². The van der Waals surface area contributed by atoms with Gasteiger partial charge in [0, 0.05) is 6.42 Å². The minimum Gasteiger partial charge on any atom is -0.388 e. The molecule has 96 valence electrons. The summed E-state index contributed by atoms with van der Waals surface area (Å²) in [7, 11) is 0. The molecule has 0 radical (unpaired) electrons. The standard InChI is InChI=1S/C13H17F3O/c1-10(6-5-9-13(14,15)16)12(17)11-7-3-2-4-8-11/h2-4,7-8,10,12,17H,5-6,9H2,1H3. The summed E-state index contributed by atoms with van der Waals surface area (Å²) >= 11 is 0. The number of aliphatic hydroxyl groups is 1. The van der Waals surface area contributed by atoms with Gasteiger partial charge in [-0.2, -0.15) is 13.2 Å². The van der Waals surface area contributed by atoms with Gasteiger partial charge < -0.3 is 5.11 Å². The van der Waals surface area contributed by atoms with Gasteiger partial charge in [0.25, 0.3) is 0 Å². The summed E-state index contributed by atoms with van der Waals surface area (Å²) in [5.41, 5.74) is 0.756. The number of halogens is 3. The van der Waals surface area contributed by atoms with Crippen molar-refractivity contribution in [2.24, 2.45) is 5.92 Å². The van der Waals surface area contributed by atoms with Crippen LogP contribution in [0.2, 0.25) is 0 Å². The lowest BCUT2D eigenvalue weighted by molar-refractivity contribution is -0.136. The summed E-state index contributed by atoms with van der Waals surface area (Å²) < 4.78 is 35.9. The molecule has 0 fully saturated rings. The highest BCUT2D eigenvalue weighted by molar-refractivity contribution is 5.17. The van der Waals surface area contributed by atoms with Gasteiger partial charge in [-0.25, -0.2) is 0 Å². The first-order valence-electron chi connectivity index (χ1n) is 5.70. The van der Waals surface area contributed by atoms with Gasteiger partial charge in [0.1, 0.15) is 0 Å². The second-order valence-corrected chi connectivity index (χ2v) is 4.34. The molecule has 1 nitrogen and oxygen atoms in total. The van der Waals surface area contributed by atoms with Crippen LogP contribution < -0.4 is 0 Å². The molecular weight excluding hydrogens is 229 g/mol. The Kier molecular flexibility index (Phi) is 5.00. The molecule has 1 aromatic carbocycles. The Bertz CT molecular complexity index is 321. The summed E-state index contributed by atoms with van der Waals surface area (Å²) in [5.74, 6) is -0.167. The number of hydrogen-bond acceptors (Lipinski definition) is 1. The molecule has 0 aliphatic rings. The Morgan fingerprint density at radius 3 is 2.29 bits per heavy atom. The fourth-order valence-electron chi connectivity index (χ4n) is 1.76. The molecule has 2 unspecified atom stereocenters. The van der Waals surface area contributed by atoms with Crippen LogP contribution in [0.25, 0.3) is 0 Å². The smallest absolute Gasteiger partial charge is 0.388 e. The van der Waals surface area contributed by atoms with Gasteiger partial charge in [-0.1, -0.05) is 37.3 Å². The third kappa shape index (κ3) is 5.22. The van der Waals surface area contributed by atoms with E-state index in [1.54, 1.807) is 31.2 Å². The lowest BCUT2D eigenvalue weighted by Gasteiger charge is -2.19. The highest BCUT2D eigenvalue weighted by atomic mass is 19.4. The van der Waals surface area contributed by atoms with E-state index in [1.807, 2.05) is 6.07 Å². The molecule has 4 heteroatoms. The second-order valence-electron chi connectivity index (χ2n) is 4.34. The Labute approximate surface area is 99.3 Å². The van der Waals surface area contributed by atoms with Crippen LogP contribution in [0.15, 0.2) is 30.3 Å². The quantitative estimate of drug-likeness (QED) is 0.829. The van der Waals surface area contributed by atoms with Crippen LogP contribution in [-0.2, 0) is 0 Å². The van der Waals surface area contributed by atoms with Crippen molar-refractivity contribution in [2.75, 3.05) is 0 Å². The molecule has 0 saturated heterocycles. The van der Waals surface area contributed by atoms with Crippen LogP contribution in [0.1, 0.15) is 37.9 Å². The maximum absolute atomic E-state index is 12.0. The summed E-state index contributed by atoms with van der Waals surface area (Å²) in [5, 5.41) is 9.94. The maximum Gasteiger partial charge on any atom is 0.389 e. The van der Waals surface area contributed by atoms with Gasteiger partial charge in [0.15, 0.2) is 0 Å². The summed E-state index contributed by atoms with van der Waals surface area (Å²) in [6.45, 7) is 1.77. The van der Waals surface area contributed by atoms with E-state index in [9.17, 15) is 18.3 Å². The Balaban J connectivity index is 2.40. The van der Waals surface area contributed by atoms with Crippen molar-refractivity contribution in [3.63, 3.8) is 0 Å². The van der Waals surface area contributed by atoms with E-state index in [1.165, 1.54) is 0 Å². The zero-order chi connectivity index (χ0) is 12.9. The lowest BCUT2D eigenvalue weighted by atomic mass is 9.93. The van der Waals surface area contributed by atoms with Crippen molar-refractivity contribution in [3.8, 4) is 0 Å². The topological polar surface area (TPSA) is 20.2 Å². The fraction of sp³-hybridized carbons (Fsp3) is 0.538. The largest absolute Gasteiger partial charge is 0.389 e. The van der Waals surface area contributed by atoms with Crippen LogP contribution in [0.4, 0.5) is 13.2 Å². The SMILES string of the molecule is CC(CCCC(F)(F)F)C(O)c1ccccc1. The molecule has 0 bridgehead atoms. The minimum absolute atomic E-state index is 0.0640. The van der Waals surface area contributed by atoms with Gasteiger partial charge in [0.05, 0.1) is 6.10 Å². The zero-order valence-electron chi connectivity index (χ0n) is 9.74. The predicted molar refractivity (Wildman–Crippen MR) is 60.5 cm³/mol. The van der Waals surface area contributed by atoms with Crippen molar-refractivity contribution >= 4 is 0 Å². The maximum atomic E-state index is 12.0. The van der Waals surface area contributed by atoms with E-state index in [0.717, 1.165) is 5.56 Å². The number of aliphatic hydroxyl groups excluding tert-OH is 1. The van der Waals surface area contributed by atoms with Crippen LogP contribution in [0, 0.1) is 5.92 Å². The number of rotatable bonds is 5. The average molecular weight is 246 g/mol. The minimum atomic E-state index is -4.10. The molecule has 0 heterocycles. The summed E-state index contributed by atoms with van der Waals surface area (Å²) in [6, 6.07) is 9.02. The first-order chi connectivity index (χ1) is 7.90. The van der Waals surface area contributed by atoms with Gasteiger partial charge in [-0.15, -0.1) is 0 Å². The first kappa shape index (κ1) is 14.0. The van der Waals surface area contributed by atoms with E-state index >= 15 is 0 Å². The lowest BCUT2D eigenvalue weighted by Crippen LogP contribution is -2.12. The molecule has 0 aliphatic heterocycles. The normalized spacial score (nSPS) is 15.6. The molecule has 0 saturated carbocycles. The number of alkyl halides is 3. The molecular formula is C13H17F3O. The molecule has 1 rings (SSSR count). The van der Waals surface area contributed by atoms with Gasteiger partial charge in [-0.3, -0.25) is 0 Å². The average Bonchev–Trinajstić information content (AvgIpc) is 2.27. The Morgan fingerprint density at radius 2 is 1.76 bits per heavy atom. The summed E-state index contributed by atoms with van der Waals surface area (Å²) in [6.07, 6.45) is -5.13. The highest BCUT2D eigenvalue weighted by Gasteiger charge is 2.27. The molecule has 0 amide bonds. The van der Waals surface area contributed by atoms with Crippen LogP contribution in [-0.4, -0.2) is 11.3 Å². The van der Waals surface area contributed by atoms with Crippen molar-refractivity contribution < 1.29 is 18.3 Å². The molecule has 17 heavy (non-hydrogen) atoms. The third-order valence-electron chi connectivity index (χ3n) is 2.80. The van der Waals surface area contributed by atoms with E-state index in [-0.39, 0.29) is 12.3 Å². The number of hydrogen-bond donors (Lipinski definition) is 1. The predicted octanol–water partition coefficient (Wildman–Crippen LogP) is 4.09. The van der Waals surface area contributed by atoms with Crippen LogP contribution in [0.3, 0.4) is 0 Å². The molecule has 0 aromatic heterocycles. The Hall–Kier alpha value is -1.03. The summed E-state index contributed by atoms with van der Waals surface area (Å²) in [4.78, 5) is 0.